The minimum Gasteiger partial charge on any atom is -0.493 e. The molecule has 0 N–H and O–H groups in total. The summed E-state index contributed by atoms with van der Waals surface area (Å²) in [5.41, 5.74) is 5.31. The summed E-state index contributed by atoms with van der Waals surface area (Å²) in [7, 11) is 0. The van der Waals surface area contributed by atoms with E-state index in [9.17, 15) is 0 Å². The highest BCUT2D eigenvalue weighted by Crippen LogP contribution is 2.30. The van der Waals surface area contributed by atoms with Crippen LogP contribution < -0.4 is 4.74 Å². The van der Waals surface area contributed by atoms with E-state index < -0.39 is 0 Å². The van der Waals surface area contributed by atoms with Crippen molar-refractivity contribution in [2.24, 2.45) is 0 Å². The van der Waals surface area contributed by atoms with Crippen LogP contribution in [0.15, 0.2) is 65.5 Å². The van der Waals surface area contributed by atoms with E-state index in [1.165, 1.54) is 5.56 Å². The van der Waals surface area contributed by atoms with Crippen LogP contribution in [0.25, 0.3) is 28.2 Å². The average Bonchev–Trinajstić information content (AvgIpc) is 3.32. The molecule has 0 bridgehead atoms. The molecule has 1 aliphatic heterocycles. The predicted molar refractivity (Wildman–Crippen MR) is 87.5 cm³/mol. The summed E-state index contributed by atoms with van der Waals surface area (Å²) in [6.45, 7) is 0.774. The molecule has 112 valence electrons. The first kappa shape index (κ1) is 12.5. The van der Waals surface area contributed by atoms with Gasteiger partial charge in [0.25, 0.3) is 0 Å². The Morgan fingerprint density at radius 2 is 1.96 bits per heavy atom. The third-order valence-electron chi connectivity index (χ3n) is 4.24. The number of hydrogen-bond acceptors (Lipinski definition) is 3. The van der Waals surface area contributed by atoms with Gasteiger partial charge in [-0.1, -0.05) is 0 Å². The zero-order valence-electron chi connectivity index (χ0n) is 12.4. The van der Waals surface area contributed by atoms with E-state index >= 15 is 0 Å². The molecular weight excluding hydrogens is 288 g/mol. The van der Waals surface area contributed by atoms with Crippen LogP contribution in [0, 0.1) is 0 Å². The summed E-state index contributed by atoms with van der Waals surface area (Å²) in [6.07, 6.45) is 6.76. The third kappa shape index (κ3) is 2.03. The van der Waals surface area contributed by atoms with Crippen LogP contribution in [0.4, 0.5) is 0 Å². The van der Waals surface area contributed by atoms with Crippen molar-refractivity contribution in [1.82, 2.24) is 9.38 Å². The van der Waals surface area contributed by atoms with Crippen molar-refractivity contribution in [1.29, 1.82) is 0 Å². The lowest BCUT2D eigenvalue weighted by molar-refractivity contribution is 0.357. The van der Waals surface area contributed by atoms with Gasteiger partial charge < -0.3 is 13.6 Å². The zero-order valence-corrected chi connectivity index (χ0v) is 12.4. The minimum absolute atomic E-state index is 0.774. The Kier molecular flexibility index (Phi) is 2.58. The van der Waals surface area contributed by atoms with Crippen molar-refractivity contribution < 1.29 is 9.15 Å². The van der Waals surface area contributed by atoms with Crippen LogP contribution in [-0.4, -0.2) is 16.0 Å². The molecule has 4 heterocycles. The molecule has 0 unspecified atom stereocenters. The Bertz CT molecular complexity index is 1000. The van der Waals surface area contributed by atoms with Crippen LogP contribution in [0.1, 0.15) is 5.56 Å². The summed E-state index contributed by atoms with van der Waals surface area (Å²) in [5, 5.41) is 0. The molecular formula is C19H14N2O2. The molecule has 0 spiro atoms. The van der Waals surface area contributed by atoms with E-state index in [-0.39, 0.29) is 0 Å². The molecule has 4 nitrogen and oxygen atoms in total. The second-order valence-electron chi connectivity index (χ2n) is 5.71. The molecule has 5 rings (SSSR count). The molecule has 0 saturated carbocycles. The number of rotatable bonds is 2. The maximum Gasteiger partial charge on any atom is 0.137 e. The highest BCUT2D eigenvalue weighted by molar-refractivity contribution is 5.67. The van der Waals surface area contributed by atoms with Gasteiger partial charge >= 0.3 is 0 Å². The number of nitrogens with zero attached hydrogens (tertiary/aromatic N) is 2. The molecule has 3 aromatic heterocycles. The first-order valence-electron chi connectivity index (χ1n) is 7.65. The Labute approximate surface area is 133 Å². The number of hydrogen-bond donors (Lipinski definition) is 0. The molecule has 23 heavy (non-hydrogen) atoms. The highest BCUT2D eigenvalue weighted by atomic mass is 16.5. The van der Waals surface area contributed by atoms with Gasteiger partial charge in [0.05, 0.1) is 18.6 Å². The molecule has 1 aliphatic rings. The fourth-order valence-electron chi connectivity index (χ4n) is 3.07. The van der Waals surface area contributed by atoms with E-state index in [2.05, 4.69) is 18.3 Å². The zero-order chi connectivity index (χ0) is 15.2. The van der Waals surface area contributed by atoms with Gasteiger partial charge in [0.2, 0.25) is 0 Å². The van der Waals surface area contributed by atoms with Gasteiger partial charge in [0.1, 0.15) is 17.2 Å². The molecule has 1 aromatic carbocycles. The van der Waals surface area contributed by atoms with Crippen molar-refractivity contribution in [3.8, 4) is 28.3 Å². The van der Waals surface area contributed by atoms with Crippen molar-refractivity contribution in [2.75, 3.05) is 6.61 Å². The fraction of sp³-hybridized carbons (Fsp3) is 0.105. The minimum atomic E-state index is 0.774. The lowest BCUT2D eigenvalue weighted by Gasteiger charge is -2.00. The van der Waals surface area contributed by atoms with E-state index in [1.54, 1.807) is 6.26 Å². The standard InChI is InChI=1S/C19H14N2O2/c1-2-17(22-8-1)15-4-6-19-20-16(12-21(19)11-15)13-3-5-18-14(10-13)7-9-23-18/h1-6,8,10-12H,7,9H2. The second-order valence-corrected chi connectivity index (χ2v) is 5.71. The van der Waals surface area contributed by atoms with Gasteiger partial charge in [0.15, 0.2) is 0 Å². The van der Waals surface area contributed by atoms with Gasteiger partial charge in [-0.05, 0) is 48.0 Å². The van der Waals surface area contributed by atoms with Crippen molar-refractivity contribution in [3.05, 3.63) is 66.7 Å². The van der Waals surface area contributed by atoms with E-state index in [0.29, 0.717) is 0 Å². The molecule has 0 radical (unpaired) electrons. The van der Waals surface area contributed by atoms with Gasteiger partial charge in [-0.15, -0.1) is 0 Å². The number of pyridine rings is 1. The maximum atomic E-state index is 5.57. The molecule has 0 fully saturated rings. The van der Waals surface area contributed by atoms with Gasteiger partial charge in [0, 0.05) is 29.9 Å². The summed E-state index contributed by atoms with van der Waals surface area (Å²) in [4.78, 5) is 4.72. The monoisotopic (exact) mass is 302 g/mol. The van der Waals surface area contributed by atoms with Crippen LogP contribution >= 0.6 is 0 Å². The summed E-state index contributed by atoms with van der Waals surface area (Å²) < 4.78 is 13.1. The smallest absolute Gasteiger partial charge is 0.137 e. The van der Waals surface area contributed by atoms with Crippen molar-refractivity contribution >= 4 is 5.65 Å². The van der Waals surface area contributed by atoms with Crippen LogP contribution in [0.2, 0.25) is 0 Å². The number of ether oxygens (including phenoxy) is 1. The number of imidazole rings is 1. The van der Waals surface area contributed by atoms with E-state index in [1.807, 2.05) is 40.9 Å². The Morgan fingerprint density at radius 1 is 1.00 bits per heavy atom. The summed E-state index contributed by atoms with van der Waals surface area (Å²) in [6, 6.07) is 14.2. The Balaban J connectivity index is 1.60. The summed E-state index contributed by atoms with van der Waals surface area (Å²) in [5.74, 6) is 1.86. The van der Waals surface area contributed by atoms with Gasteiger partial charge in [-0.25, -0.2) is 4.98 Å². The van der Waals surface area contributed by atoms with E-state index in [4.69, 9.17) is 14.1 Å². The fourth-order valence-corrected chi connectivity index (χ4v) is 3.07. The number of fused-ring (bicyclic) bond motifs is 2. The molecule has 0 amide bonds. The number of furan rings is 1. The largest absolute Gasteiger partial charge is 0.493 e. The van der Waals surface area contributed by atoms with Crippen molar-refractivity contribution in [2.45, 2.75) is 6.42 Å². The predicted octanol–water partition coefficient (Wildman–Crippen LogP) is 4.20. The second kappa shape index (κ2) is 4.74. The topological polar surface area (TPSA) is 39.7 Å². The Morgan fingerprint density at radius 3 is 2.87 bits per heavy atom. The quantitative estimate of drug-likeness (QED) is 0.557. The average molecular weight is 302 g/mol. The van der Waals surface area contributed by atoms with Crippen LogP contribution in [-0.2, 0) is 6.42 Å². The van der Waals surface area contributed by atoms with E-state index in [0.717, 1.165) is 47.0 Å². The maximum absolute atomic E-state index is 5.57. The van der Waals surface area contributed by atoms with Crippen molar-refractivity contribution in [3.63, 3.8) is 0 Å². The van der Waals surface area contributed by atoms with Gasteiger partial charge in [-0.2, -0.15) is 0 Å². The lowest BCUT2D eigenvalue weighted by atomic mass is 10.1. The first-order chi connectivity index (χ1) is 11.4. The number of aromatic nitrogens is 2. The van der Waals surface area contributed by atoms with Crippen LogP contribution in [0.5, 0.6) is 5.75 Å². The third-order valence-corrected chi connectivity index (χ3v) is 4.24. The lowest BCUT2D eigenvalue weighted by Crippen LogP contribution is -1.85. The molecule has 0 aliphatic carbocycles. The normalized spacial score (nSPS) is 13.2. The molecule has 4 heteroatoms. The first-order valence-corrected chi connectivity index (χ1v) is 7.65. The highest BCUT2D eigenvalue weighted by Gasteiger charge is 2.14. The molecule has 0 saturated heterocycles. The number of benzene rings is 1. The van der Waals surface area contributed by atoms with Gasteiger partial charge in [-0.3, -0.25) is 0 Å². The SMILES string of the molecule is c1coc(-c2ccc3nc(-c4ccc5c(c4)CCO5)cn3c2)c1. The summed E-state index contributed by atoms with van der Waals surface area (Å²) >= 11 is 0. The Hall–Kier alpha value is -3.01. The van der Waals surface area contributed by atoms with Crippen LogP contribution in [0.3, 0.4) is 0 Å². The molecule has 0 atom stereocenters. The molecule has 4 aromatic rings.